The van der Waals surface area contributed by atoms with Crippen LogP contribution in [0, 0.1) is 6.92 Å². The summed E-state index contributed by atoms with van der Waals surface area (Å²) in [5, 5.41) is 6.96. The van der Waals surface area contributed by atoms with Crippen LogP contribution in [0.5, 0.6) is 0 Å². The lowest BCUT2D eigenvalue weighted by molar-refractivity contribution is 0.0929. The Morgan fingerprint density at radius 3 is 2.34 bits per heavy atom. The summed E-state index contributed by atoms with van der Waals surface area (Å²) in [7, 11) is 0. The third kappa shape index (κ3) is 5.04. The van der Waals surface area contributed by atoms with Crippen molar-refractivity contribution in [2.24, 2.45) is 0 Å². The Hall–Kier alpha value is -3.48. The van der Waals surface area contributed by atoms with Gasteiger partial charge < -0.3 is 5.32 Å². The number of nitrogens with one attached hydrogen (secondary N) is 1. The normalized spacial score (nSPS) is 12.1. The topological polar surface area (TPSA) is 86.0 Å². The van der Waals surface area contributed by atoms with Crippen LogP contribution in [0.1, 0.15) is 67.2 Å². The summed E-state index contributed by atoms with van der Waals surface area (Å²) in [5.74, 6) is -0.254. The molecule has 1 atom stereocenters. The Morgan fingerprint density at radius 2 is 1.75 bits per heavy atom. The quantitative estimate of drug-likeness (QED) is 0.618. The van der Waals surface area contributed by atoms with E-state index in [1.165, 1.54) is 0 Å². The van der Waals surface area contributed by atoms with E-state index in [9.17, 15) is 14.4 Å². The molecule has 0 fully saturated rings. The highest BCUT2D eigenvalue weighted by atomic mass is 16.2. The van der Waals surface area contributed by atoms with E-state index < -0.39 is 17.2 Å². The number of carbonyl (C=O) groups excluding carboxylic acids is 1. The van der Waals surface area contributed by atoms with Crippen molar-refractivity contribution in [1.82, 2.24) is 19.7 Å². The molecule has 168 valence electrons. The van der Waals surface area contributed by atoms with Gasteiger partial charge in [0.25, 0.3) is 11.5 Å². The maximum atomic E-state index is 13.3. The van der Waals surface area contributed by atoms with Gasteiger partial charge in [0.05, 0.1) is 12.2 Å². The zero-order valence-electron chi connectivity index (χ0n) is 19.3. The second-order valence-corrected chi connectivity index (χ2v) is 8.45. The minimum Gasteiger partial charge on any atom is -0.348 e. The van der Waals surface area contributed by atoms with Crippen LogP contribution >= 0.6 is 0 Å². The van der Waals surface area contributed by atoms with Crippen LogP contribution < -0.4 is 16.6 Å². The highest BCUT2D eigenvalue weighted by Crippen LogP contribution is 2.15. The van der Waals surface area contributed by atoms with E-state index in [1.54, 1.807) is 12.1 Å². The first-order chi connectivity index (χ1) is 15.2. The summed E-state index contributed by atoms with van der Waals surface area (Å²) in [4.78, 5) is 39.3. The van der Waals surface area contributed by atoms with Crippen LogP contribution in [0.4, 0.5) is 0 Å². The summed E-state index contributed by atoms with van der Waals surface area (Å²) in [6.07, 6.45) is 0.708. The molecule has 0 aliphatic rings. The summed E-state index contributed by atoms with van der Waals surface area (Å²) in [5.41, 5.74) is 1.83. The molecule has 0 bridgehead atoms. The molecule has 3 rings (SSSR count). The average molecular weight is 435 g/mol. The molecule has 3 aromatic rings. The lowest BCUT2D eigenvalue weighted by Gasteiger charge is -2.15. The van der Waals surface area contributed by atoms with E-state index in [1.807, 2.05) is 57.2 Å². The van der Waals surface area contributed by atoms with Gasteiger partial charge in [-0.05, 0) is 49.4 Å². The highest BCUT2D eigenvalue weighted by Gasteiger charge is 2.21. The molecule has 0 spiro atoms. The van der Waals surface area contributed by atoms with Crippen LogP contribution in [0.25, 0.3) is 5.69 Å². The van der Waals surface area contributed by atoms with Crippen molar-refractivity contribution in [3.8, 4) is 5.69 Å². The van der Waals surface area contributed by atoms with Crippen LogP contribution in [0.2, 0.25) is 0 Å². The number of carbonyl (C=O) groups is 1. The molecule has 1 unspecified atom stereocenters. The molecule has 0 aliphatic carbocycles. The number of nitrogens with zero attached hydrogens (tertiary/aromatic N) is 3. The number of aromatic nitrogens is 3. The number of aryl methyl sites for hydroxylation is 1. The molecule has 0 saturated heterocycles. The van der Waals surface area contributed by atoms with Crippen molar-refractivity contribution in [2.45, 2.75) is 59.5 Å². The molecule has 1 aromatic heterocycles. The Kier molecular flexibility index (Phi) is 7.08. The molecular weight excluding hydrogens is 404 g/mol. The van der Waals surface area contributed by atoms with Crippen LogP contribution in [-0.4, -0.2) is 26.3 Å². The SMILES string of the molecule is CCC(C)NC(=O)c1nn(-c2ccc(C(C)C)cc2)c(=O)n(Cc2cccc(C)c2)c1=O. The van der Waals surface area contributed by atoms with Crippen molar-refractivity contribution >= 4 is 5.91 Å². The zero-order chi connectivity index (χ0) is 23.4. The highest BCUT2D eigenvalue weighted by molar-refractivity contribution is 5.91. The van der Waals surface area contributed by atoms with Gasteiger partial charge in [-0.2, -0.15) is 9.78 Å². The molecule has 7 heteroatoms. The number of hydrogen-bond donors (Lipinski definition) is 1. The fourth-order valence-corrected chi connectivity index (χ4v) is 3.35. The van der Waals surface area contributed by atoms with Crippen molar-refractivity contribution in [1.29, 1.82) is 0 Å². The summed E-state index contributed by atoms with van der Waals surface area (Å²) < 4.78 is 2.20. The van der Waals surface area contributed by atoms with Gasteiger partial charge in [0.15, 0.2) is 0 Å². The Morgan fingerprint density at radius 1 is 1.06 bits per heavy atom. The van der Waals surface area contributed by atoms with Gasteiger partial charge in [-0.25, -0.2) is 4.79 Å². The standard InChI is InChI=1S/C25H30N4O3/c1-6-18(5)26-23(30)22-24(31)28(15-19-9-7-8-17(4)14-19)25(32)29(27-22)21-12-10-20(11-13-21)16(2)3/h7-14,16,18H,6,15H2,1-5H3,(H,26,30). The summed E-state index contributed by atoms with van der Waals surface area (Å²) >= 11 is 0. The molecule has 0 aliphatic heterocycles. The predicted octanol–water partition coefficient (Wildman–Crippen LogP) is 3.40. The Balaban J connectivity index is 2.17. The first kappa shape index (κ1) is 23.2. The minimum atomic E-state index is -0.702. The fourth-order valence-electron chi connectivity index (χ4n) is 3.35. The maximum absolute atomic E-state index is 13.3. The van der Waals surface area contributed by atoms with Gasteiger partial charge in [0, 0.05) is 6.04 Å². The van der Waals surface area contributed by atoms with Gasteiger partial charge in [-0.15, -0.1) is 0 Å². The third-order valence-electron chi connectivity index (χ3n) is 5.49. The van der Waals surface area contributed by atoms with E-state index in [0.717, 1.165) is 25.9 Å². The number of amides is 1. The second-order valence-electron chi connectivity index (χ2n) is 8.45. The van der Waals surface area contributed by atoms with E-state index >= 15 is 0 Å². The lowest BCUT2D eigenvalue weighted by atomic mass is 10.0. The smallest absolute Gasteiger partial charge is 0.348 e. The van der Waals surface area contributed by atoms with Crippen LogP contribution in [0.15, 0.2) is 58.1 Å². The molecule has 2 aromatic carbocycles. The maximum Gasteiger partial charge on any atom is 0.352 e. The minimum absolute atomic E-state index is 0.0511. The second kappa shape index (κ2) is 9.77. The first-order valence-corrected chi connectivity index (χ1v) is 10.9. The molecular formula is C25H30N4O3. The van der Waals surface area contributed by atoms with Gasteiger partial charge in [-0.1, -0.05) is 62.7 Å². The molecule has 0 saturated carbocycles. The van der Waals surface area contributed by atoms with Crippen LogP contribution in [-0.2, 0) is 6.54 Å². The third-order valence-corrected chi connectivity index (χ3v) is 5.49. The van der Waals surface area contributed by atoms with E-state index in [-0.39, 0.29) is 18.3 Å². The van der Waals surface area contributed by atoms with Crippen molar-refractivity contribution in [3.05, 3.63) is 91.8 Å². The number of hydrogen-bond acceptors (Lipinski definition) is 4. The monoisotopic (exact) mass is 434 g/mol. The molecule has 1 heterocycles. The molecule has 1 N–H and O–H groups in total. The van der Waals surface area contributed by atoms with Gasteiger partial charge in [-0.3, -0.25) is 14.2 Å². The number of rotatable bonds is 7. The molecule has 32 heavy (non-hydrogen) atoms. The van der Waals surface area contributed by atoms with Crippen LogP contribution in [0.3, 0.4) is 0 Å². The Labute approximate surface area is 187 Å². The zero-order valence-corrected chi connectivity index (χ0v) is 19.3. The Bertz CT molecular complexity index is 1220. The average Bonchev–Trinajstić information content (AvgIpc) is 2.76. The largest absolute Gasteiger partial charge is 0.352 e. The van der Waals surface area contributed by atoms with E-state index in [4.69, 9.17) is 0 Å². The molecule has 0 radical (unpaired) electrons. The lowest BCUT2D eigenvalue weighted by Crippen LogP contribution is -2.47. The van der Waals surface area contributed by atoms with Gasteiger partial charge >= 0.3 is 5.69 Å². The number of benzene rings is 2. The van der Waals surface area contributed by atoms with Crippen molar-refractivity contribution in [2.75, 3.05) is 0 Å². The first-order valence-electron chi connectivity index (χ1n) is 10.9. The van der Waals surface area contributed by atoms with Gasteiger partial charge in [0.1, 0.15) is 0 Å². The van der Waals surface area contributed by atoms with Crippen molar-refractivity contribution < 1.29 is 4.79 Å². The molecule has 7 nitrogen and oxygen atoms in total. The fraction of sp³-hybridized carbons (Fsp3) is 0.360. The molecule has 1 amide bonds. The van der Waals surface area contributed by atoms with Gasteiger partial charge in [0.2, 0.25) is 5.69 Å². The summed E-state index contributed by atoms with van der Waals surface area (Å²) in [6.45, 7) is 9.95. The summed E-state index contributed by atoms with van der Waals surface area (Å²) in [6, 6.07) is 14.8. The van der Waals surface area contributed by atoms with Crippen molar-refractivity contribution in [3.63, 3.8) is 0 Å². The van der Waals surface area contributed by atoms with E-state index in [2.05, 4.69) is 24.3 Å². The predicted molar refractivity (Wildman–Crippen MR) is 126 cm³/mol. The van der Waals surface area contributed by atoms with E-state index in [0.29, 0.717) is 18.0 Å².